The number of carbonyl (C=O) groups excluding carboxylic acids is 1. The minimum atomic E-state index is -0.222. The van der Waals surface area contributed by atoms with Gasteiger partial charge in [0.25, 0.3) is 0 Å². The number of hydrogen-bond donors (Lipinski definition) is 3. The molecule has 1 aromatic carbocycles. The molecule has 0 unspecified atom stereocenters. The molecule has 1 fully saturated rings. The second kappa shape index (κ2) is 10.7. The van der Waals surface area contributed by atoms with Gasteiger partial charge in [0.15, 0.2) is 5.65 Å². The van der Waals surface area contributed by atoms with Gasteiger partial charge in [0.05, 0.1) is 6.20 Å². The second-order valence-electron chi connectivity index (χ2n) is 9.15. The van der Waals surface area contributed by atoms with Gasteiger partial charge in [-0.2, -0.15) is 9.61 Å². The van der Waals surface area contributed by atoms with Crippen molar-refractivity contribution in [2.75, 3.05) is 30.0 Å². The summed E-state index contributed by atoms with van der Waals surface area (Å²) in [6, 6.07) is 10.9. The lowest BCUT2D eigenvalue weighted by Crippen LogP contribution is -2.36. The molecule has 4 rings (SSSR count). The molecule has 1 saturated carbocycles. The van der Waals surface area contributed by atoms with E-state index in [4.69, 9.17) is 4.98 Å². The van der Waals surface area contributed by atoms with Gasteiger partial charge in [-0.3, -0.25) is 4.79 Å². The molecule has 1 amide bonds. The van der Waals surface area contributed by atoms with Crippen LogP contribution < -0.4 is 16.0 Å². The van der Waals surface area contributed by atoms with Crippen LogP contribution in [-0.4, -0.2) is 51.6 Å². The Bertz CT molecular complexity index is 1150. The zero-order chi connectivity index (χ0) is 24.1. The highest BCUT2D eigenvalue weighted by atomic mass is 16.1. The summed E-state index contributed by atoms with van der Waals surface area (Å²) in [4.78, 5) is 18.9. The summed E-state index contributed by atoms with van der Waals surface area (Å²) in [5.74, 6) is 1.54. The third kappa shape index (κ3) is 5.56. The molecule has 2 aromatic heterocycles. The molecule has 0 bridgehead atoms. The fraction of sp³-hybridized carbons (Fsp3) is 0.423. The van der Waals surface area contributed by atoms with Crippen LogP contribution in [-0.2, 0) is 17.8 Å². The summed E-state index contributed by atoms with van der Waals surface area (Å²) in [5, 5.41) is 14.6. The summed E-state index contributed by atoms with van der Waals surface area (Å²) < 4.78 is 1.87. The van der Waals surface area contributed by atoms with Crippen LogP contribution in [0.3, 0.4) is 0 Å². The normalized spacial score (nSPS) is 18.1. The minimum absolute atomic E-state index is 0.222. The van der Waals surface area contributed by atoms with Crippen molar-refractivity contribution < 1.29 is 4.79 Å². The number of nitrogens with one attached hydrogen (secondary N) is 3. The zero-order valence-corrected chi connectivity index (χ0v) is 20.3. The molecule has 34 heavy (non-hydrogen) atoms. The van der Waals surface area contributed by atoms with Crippen molar-refractivity contribution in [2.24, 2.45) is 0 Å². The van der Waals surface area contributed by atoms with E-state index in [9.17, 15) is 4.79 Å². The molecular formula is C26H35N7O. The van der Waals surface area contributed by atoms with Crippen molar-refractivity contribution in [2.45, 2.75) is 57.7 Å². The summed E-state index contributed by atoms with van der Waals surface area (Å²) in [5.41, 5.74) is 3.79. The molecule has 1 aliphatic carbocycles. The lowest BCUT2D eigenvalue weighted by molar-refractivity contribution is -0.111. The highest BCUT2D eigenvalue weighted by molar-refractivity contribution is 5.98. The molecule has 2 heterocycles. The van der Waals surface area contributed by atoms with Gasteiger partial charge < -0.3 is 20.9 Å². The average molecular weight is 462 g/mol. The van der Waals surface area contributed by atoms with Gasteiger partial charge >= 0.3 is 0 Å². The summed E-state index contributed by atoms with van der Waals surface area (Å²) in [7, 11) is 4.33. The van der Waals surface area contributed by atoms with Gasteiger partial charge in [0.1, 0.15) is 11.6 Å². The number of rotatable bonds is 9. The first kappa shape index (κ1) is 23.8. The molecule has 8 nitrogen and oxygen atoms in total. The fourth-order valence-electron chi connectivity index (χ4n) is 4.55. The predicted octanol–water partition coefficient (Wildman–Crippen LogP) is 4.31. The van der Waals surface area contributed by atoms with E-state index in [0.29, 0.717) is 18.6 Å². The lowest BCUT2D eigenvalue weighted by atomic mass is 9.90. The van der Waals surface area contributed by atoms with Crippen molar-refractivity contribution in [3.05, 3.63) is 60.3 Å². The molecular weight excluding hydrogens is 426 g/mol. The van der Waals surface area contributed by atoms with Gasteiger partial charge in [-0.1, -0.05) is 25.6 Å². The van der Waals surface area contributed by atoms with Crippen molar-refractivity contribution in [1.29, 1.82) is 0 Å². The Balaban J connectivity index is 1.52. The second-order valence-corrected chi connectivity index (χ2v) is 9.15. The maximum absolute atomic E-state index is 11.6. The number of nitrogens with zero attached hydrogens (tertiary/aromatic N) is 4. The molecule has 0 atom stereocenters. The van der Waals surface area contributed by atoms with Crippen LogP contribution in [0.1, 0.15) is 43.7 Å². The van der Waals surface area contributed by atoms with Gasteiger partial charge in [0, 0.05) is 35.9 Å². The average Bonchev–Trinajstić information content (AvgIpc) is 3.26. The van der Waals surface area contributed by atoms with Gasteiger partial charge in [-0.25, -0.2) is 4.98 Å². The maximum Gasteiger partial charge on any atom is 0.247 e. The van der Waals surface area contributed by atoms with Crippen LogP contribution >= 0.6 is 0 Å². The molecule has 0 spiro atoms. The van der Waals surface area contributed by atoms with E-state index in [0.717, 1.165) is 53.4 Å². The van der Waals surface area contributed by atoms with E-state index < -0.39 is 0 Å². The van der Waals surface area contributed by atoms with E-state index in [-0.39, 0.29) is 5.91 Å². The first-order valence-corrected chi connectivity index (χ1v) is 12.0. The van der Waals surface area contributed by atoms with Crippen LogP contribution in [0.5, 0.6) is 0 Å². The Kier molecular flexibility index (Phi) is 7.47. The molecule has 0 saturated heterocycles. The summed E-state index contributed by atoms with van der Waals surface area (Å²) in [6.45, 7) is 6.22. The smallest absolute Gasteiger partial charge is 0.247 e. The molecule has 0 radical (unpaired) electrons. The van der Waals surface area contributed by atoms with E-state index in [2.05, 4.69) is 53.5 Å². The Morgan fingerprint density at radius 2 is 2.03 bits per heavy atom. The number of benzene rings is 1. The predicted molar refractivity (Wildman–Crippen MR) is 138 cm³/mol. The van der Waals surface area contributed by atoms with Crippen molar-refractivity contribution in [3.8, 4) is 0 Å². The van der Waals surface area contributed by atoms with Crippen LogP contribution in [0.2, 0.25) is 0 Å². The van der Waals surface area contributed by atoms with Crippen LogP contribution in [0.25, 0.3) is 5.65 Å². The van der Waals surface area contributed by atoms with E-state index >= 15 is 0 Å². The highest BCUT2D eigenvalue weighted by Crippen LogP contribution is 2.26. The van der Waals surface area contributed by atoms with Crippen LogP contribution in [0, 0.1) is 0 Å². The number of aromatic nitrogens is 3. The van der Waals surface area contributed by atoms with Crippen LogP contribution in [0.15, 0.2) is 49.2 Å². The van der Waals surface area contributed by atoms with E-state index in [1.165, 1.54) is 18.9 Å². The topological polar surface area (TPSA) is 86.6 Å². The minimum Gasteiger partial charge on any atom is -0.367 e. The fourth-order valence-corrected chi connectivity index (χ4v) is 4.55. The lowest BCUT2D eigenvalue weighted by Gasteiger charge is -2.33. The molecule has 180 valence electrons. The molecule has 3 N–H and O–H groups in total. The summed E-state index contributed by atoms with van der Waals surface area (Å²) in [6.07, 6.45) is 8.71. The standard InChI is InChI=1S/C26H35N7O/c1-5-19-17-28-33-24(27-16-18-8-7-9-21(14-18)30-25(34)6-2)15-23(31-26(19)33)29-20-10-12-22(13-11-20)32(3)4/h6-9,14-15,17,20,22,27H,2,5,10-13,16H2,1,3-4H3,(H,29,31)(H,30,34). The quantitative estimate of drug-likeness (QED) is 0.412. The Morgan fingerprint density at radius 1 is 1.24 bits per heavy atom. The zero-order valence-electron chi connectivity index (χ0n) is 20.3. The van der Waals surface area contributed by atoms with Crippen molar-refractivity contribution in [3.63, 3.8) is 0 Å². The van der Waals surface area contributed by atoms with Gasteiger partial charge in [-0.05, 0) is 70.0 Å². The maximum atomic E-state index is 11.6. The molecule has 0 aliphatic heterocycles. The largest absolute Gasteiger partial charge is 0.367 e. The number of hydrogen-bond acceptors (Lipinski definition) is 6. The molecule has 8 heteroatoms. The Morgan fingerprint density at radius 3 is 2.74 bits per heavy atom. The Hall–Kier alpha value is -3.39. The SMILES string of the molecule is C=CC(=O)Nc1cccc(CNc2cc(NC3CCC(N(C)C)CC3)nc3c(CC)cnn23)c1. The van der Waals surface area contributed by atoms with E-state index in [1.54, 1.807) is 0 Å². The highest BCUT2D eigenvalue weighted by Gasteiger charge is 2.23. The monoisotopic (exact) mass is 461 g/mol. The molecule has 1 aliphatic rings. The first-order valence-electron chi connectivity index (χ1n) is 12.0. The number of anilines is 3. The third-order valence-electron chi connectivity index (χ3n) is 6.56. The number of aryl methyl sites for hydroxylation is 1. The summed E-state index contributed by atoms with van der Waals surface area (Å²) >= 11 is 0. The number of fused-ring (bicyclic) bond motifs is 1. The van der Waals surface area contributed by atoms with Gasteiger partial charge in [-0.15, -0.1) is 0 Å². The molecule has 3 aromatic rings. The van der Waals surface area contributed by atoms with E-state index in [1.807, 2.05) is 41.0 Å². The van der Waals surface area contributed by atoms with Crippen LogP contribution in [0.4, 0.5) is 17.3 Å². The number of amides is 1. The van der Waals surface area contributed by atoms with Crippen molar-refractivity contribution in [1.82, 2.24) is 19.5 Å². The van der Waals surface area contributed by atoms with Crippen molar-refractivity contribution >= 4 is 28.9 Å². The Labute approximate surface area is 201 Å². The number of carbonyl (C=O) groups is 1. The third-order valence-corrected chi connectivity index (χ3v) is 6.56. The van der Waals surface area contributed by atoms with Gasteiger partial charge in [0.2, 0.25) is 5.91 Å². The first-order chi connectivity index (χ1) is 16.5.